The molecule has 2 saturated heterocycles. The molecule has 1 amide bonds. The maximum Gasteiger partial charge on any atom is 0.222 e. The summed E-state index contributed by atoms with van der Waals surface area (Å²) in [4.78, 5) is 16.7. The highest BCUT2D eigenvalue weighted by Gasteiger charge is 2.40. The molecule has 5 nitrogen and oxygen atoms in total. The number of carbonyl (C=O) groups excluding carboxylic acids is 1. The van der Waals surface area contributed by atoms with E-state index in [1.165, 1.54) is 5.56 Å². The molecule has 24 heavy (non-hydrogen) atoms. The van der Waals surface area contributed by atoms with Crippen molar-refractivity contribution in [2.45, 2.75) is 37.8 Å². The second kappa shape index (κ2) is 8.10. The molecule has 0 aliphatic carbocycles. The van der Waals surface area contributed by atoms with Gasteiger partial charge >= 0.3 is 0 Å². The average molecular weight is 332 g/mol. The number of fused-ring (bicyclic) bond motifs is 1. The zero-order valence-corrected chi connectivity index (χ0v) is 14.2. The van der Waals surface area contributed by atoms with Crippen LogP contribution in [0, 0.1) is 5.92 Å². The van der Waals surface area contributed by atoms with Crippen LogP contribution in [-0.2, 0) is 11.2 Å². The minimum atomic E-state index is -0.165. The van der Waals surface area contributed by atoms with Gasteiger partial charge in [0.15, 0.2) is 0 Å². The largest absolute Gasteiger partial charge is 0.395 e. The Bertz CT molecular complexity index is 533. The van der Waals surface area contributed by atoms with Gasteiger partial charge in [-0.3, -0.25) is 9.69 Å². The third kappa shape index (κ3) is 3.79. The first-order chi connectivity index (χ1) is 11.7. The van der Waals surface area contributed by atoms with Gasteiger partial charge in [0.05, 0.1) is 19.3 Å². The molecule has 0 spiro atoms. The minimum absolute atomic E-state index is 0.00939. The maximum absolute atomic E-state index is 12.4. The molecule has 2 N–H and O–H groups in total. The SMILES string of the molecule is O=C1CC[C@H]2CN(C(CO)CO)CC[C@H]2N1CCc1ccccc1. The summed E-state index contributed by atoms with van der Waals surface area (Å²) < 4.78 is 0. The number of likely N-dealkylation sites (tertiary alicyclic amines) is 2. The van der Waals surface area contributed by atoms with Crippen LogP contribution in [0.3, 0.4) is 0 Å². The third-order valence-electron chi connectivity index (χ3n) is 5.60. The van der Waals surface area contributed by atoms with Crippen LogP contribution in [0.5, 0.6) is 0 Å². The van der Waals surface area contributed by atoms with Gasteiger partial charge in [-0.15, -0.1) is 0 Å². The summed E-state index contributed by atoms with van der Waals surface area (Å²) in [5.41, 5.74) is 1.27. The van der Waals surface area contributed by atoms with E-state index in [4.69, 9.17) is 0 Å². The number of aliphatic hydroxyl groups excluding tert-OH is 2. The molecule has 2 heterocycles. The van der Waals surface area contributed by atoms with Gasteiger partial charge in [-0.2, -0.15) is 0 Å². The Hall–Kier alpha value is -1.43. The van der Waals surface area contributed by atoms with Crippen LogP contribution >= 0.6 is 0 Å². The molecular weight excluding hydrogens is 304 g/mol. The van der Waals surface area contributed by atoms with Gasteiger partial charge in [0, 0.05) is 32.1 Å². The highest BCUT2D eigenvalue weighted by molar-refractivity contribution is 5.77. The predicted molar refractivity (Wildman–Crippen MR) is 92.5 cm³/mol. The van der Waals surface area contributed by atoms with E-state index in [-0.39, 0.29) is 25.2 Å². The van der Waals surface area contributed by atoms with E-state index >= 15 is 0 Å². The van der Waals surface area contributed by atoms with E-state index in [0.717, 1.165) is 38.9 Å². The number of rotatable bonds is 6. The van der Waals surface area contributed by atoms with Crippen LogP contribution in [0.2, 0.25) is 0 Å². The predicted octanol–water partition coefficient (Wildman–Crippen LogP) is 0.895. The van der Waals surface area contributed by atoms with Gasteiger partial charge in [-0.25, -0.2) is 0 Å². The van der Waals surface area contributed by atoms with Crippen molar-refractivity contribution in [2.75, 3.05) is 32.8 Å². The first-order valence-electron chi connectivity index (χ1n) is 9.02. The van der Waals surface area contributed by atoms with Crippen molar-refractivity contribution >= 4 is 5.91 Å². The van der Waals surface area contributed by atoms with E-state index in [2.05, 4.69) is 21.9 Å². The summed E-state index contributed by atoms with van der Waals surface area (Å²) >= 11 is 0. The fourth-order valence-electron chi connectivity index (χ4n) is 4.18. The highest BCUT2D eigenvalue weighted by atomic mass is 16.3. The van der Waals surface area contributed by atoms with Crippen molar-refractivity contribution in [3.63, 3.8) is 0 Å². The summed E-state index contributed by atoms with van der Waals surface area (Å²) in [6, 6.07) is 10.5. The van der Waals surface area contributed by atoms with Gasteiger partial charge in [0.2, 0.25) is 5.91 Å². The highest BCUT2D eigenvalue weighted by Crippen LogP contribution is 2.32. The molecule has 2 aliphatic rings. The topological polar surface area (TPSA) is 64.0 Å². The van der Waals surface area contributed by atoms with E-state index in [1.807, 2.05) is 18.2 Å². The molecule has 0 bridgehead atoms. The van der Waals surface area contributed by atoms with Crippen molar-refractivity contribution in [1.29, 1.82) is 0 Å². The van der Waals surface area contributed by atoms with Crippen LogP contribution in [0.1, 0.15) is 24.8 Å². The van der Waals surface area contributed by atoms with E-state index in [1.54, 1.807) is 0 Å². The van der Waals surface area contributed by atoms with Gasteiger partial charge in [-0.1, -0.05) is 30.3 Å². The van der Waals surface area contributed by atoms with Gasteiger partial charge in [0.1, 0.15) is 0 Å². The van der Waals surface area contributed by atoms with Crippen molar-refractivity contribution < 1.29 is 15.0 Å². The third-order valence-corrected chi connectivity index (χ3v) is 5.60. The summed E-state index contributed by atoms with van der Waals surface area (Å²) in [6.45, 7) is 2.47. The number of nitrogens with zero attached hydrogens (tertiary/aromatic N) is 2. The summed E-state index contributed by atoms with van der Waals surface area (Å²) in [5, 5.41) is 18.8. The fourth-order valence-corrected chi connectivity index (χ4v) is 4.18. The lowest BCUT2D eigenvalue weighted by Gasteiger charge is -2.48. The molecule has 0 radical (unpaired) electrons. The van der Waals surface area contributed by atoms with Crippen molar-refractivity contribution in [2.24, 2.45) is 5.92 Å². The Balaban J connectivity index is 1.62. The lowest BCUT2D eigenvalue weighted by Crippen LogP contribution is -2.58. The number of benzene rings is 1. The molecule has 1 aromatic rings. The quantitative estimate of drug-likeness (QED) is 0.812. The molecule has 0 unspecified atom stereocenters. The molecule has 0 aromatic heterocycles. The fraction of sp³-hybridized carbons (Fsp3) is 0.632. The van der Waals surface area contributed by atoms with E-state index in [0.29, 0.717) is 18.4 Å². The van der Waals surface area contributed by atoms with Gasteiger partial charge in [0.25, 0.3) is 0 Å². The monoisotopic (exact) mass is 332 g/mol. The molecular formula is C19H28N2O3. The Morgan fingerprint density at radius 1 is 1.12 bits per heavy atom. The number of carbonyl (C=O) groups is 1. The van der Waals surface area contributed by atoms with Gasteiger partial charge < -0.3 is 15.1 Å². The van der Waals surface area contributed by atoms with Crippen LogP contribution < -0.4 is 0 Å². The first kappa shape index (κ1) is 17.4. The van der Waals surface area contributed by atoms with Crippen molar-refractivity contribution in [1.82, 2.24) is 9.80 Å². The molecule has 2 aliphatic heterocycles. The summed E-state index contributed by atoms with van der Waals surface area (Å²) in [7, 11) is 0. The standard InChI is InChI=1S/C19H28N2O3/c22-13-17(14-23)20-10-9-18-16(12-20)6-7-19(24)21(18)11-8-15-4-2-1-3-5-15/h1-5,16-18,22-23H,6-14H2/t16-,18+/m0/s1. The Kier molecular flexibility index (Phi) is 5.87. The molecule has 2 atom stereocenters. The number of piperidine rings is 2. The minimum Gasteiger partial charge on any atom is -0.395 e. The number of amides is 1. The lowest BCUT2D eigenvalue weighted by atomic mass is 9.83. The lowest BCUT2D eigenvalue weighted by molar-refractivity contribution is -0.141. The Morgan fingerprint density at radius 3 is 2.58 bits per heavy atom. The normalized spacial score (nSPS) is 25.1. The zero-order valence-electron chi connectivity index (χ0n) is 14.2. The van der Waals surface area contributed by atoms with E-state index in [9.17, 15) is 15.0 Å². The zero-order chi connectivity index (χ0) is 16.9. The number of hydrogen-bond acceptors (Lipinski definition) is 4. The van der Waals surface area contributed by atoms with Crippen LogP contribution in [0.25, 0.3) is 0 Å². The van der Waals surface area contributed by atoms with Crippen LogP contribution in [0.4, 0.5) is 0 Å². The summed E-state index contributed by atoms with van der Waals surface area (Å²) in [6.07, 6.45) is 3.37. The van der Waals surface area contributed by atoms with Gasteiger partial charge in [-0.05, 0) is 30.7 Å². The smallest absolute Gasteiger partial charge is 0.222 e. The second-order valence-corrected chi connectivity index (χ2v) is 6.99. The second-order valence-electron chi connectivity index (χ2n) is 6.99. The molecule has 132 valence electrons. The Labute approximate surface area is 143 Å². The number of aliphatic hydroxyl groups is 2. The first-order valence-corrected chi connectivity index (χ1v) is 9.02. The molecule has 3 rings (SSSR count). The molecule has 5 heteroatoms. The average Bonchev–Trinajstić information content (AvgIpc) is 2.63. The van der Waals surface area contributed by atoms with Crippen LogP contribution in [0.15, 0.2) is 30.3 Å². The molecule has 0 saturated carbocycles. The number of hydrogen-bond donors (Lipinski definition) is 2. The van der Waals surface area contributed by atoms with Crippen LogP contribution in [-0.4, -0.2) is 70.9 Å². The molecule has 1 aromatic carbocycles. The van der Waals surface area contributed by atoms with Crippen molar-refractivity contribution in [3.05, 3.63) is 35.9 Å². The van der Waals surface area contributed by atoms with E-state index < -0.39 is 0 Å². The molecule has 2 fully saturated rings. The van der Waals surface area contributed by atoms with Crippen molar-refractivity contribution in [3.8, 4) is 0 Å². The Morgan fingerprint density at radius 2 is 1.88 bits per heavy atom. The maximum atomic E-state index is 12.4. The summed E-state index contributed by atoms with van der Waals surface area (Å²) in [5.74, 6) is 0.731.